The molecule has 1 amide bonds. The van der Waals surface area contributed by atoms with E-state index in [2.05, 4.69) is 26.8 Å². The Balaban J connectivity index is 1.70. The lowest BCUT2D eigenvalue weighted by atomic mass is 9.98. The summed E-state index contributed by atoms with van der Waals surface area (Å²) in [7, 11) is 4.51. The summed E-state index contributed by atoms with van der Waals surface area (Å²) in [6, 6.07) is 7.28. The zero-order valence-corrected chi connectivity index (χ0v) is 18.1. The van der Waals surface area contributed by atoms with Crippen LogP contribution in [0.4, 0.5) is 0 Å². The molecular formula is C21H26N4O4S. The van der Waals surface area contributed by atoms with Crippen molar-refractivity contribution in [3.63, 3.8) is 0 Å². The van der Waals surface area contributed by atoms with Gasteiger partial charge >= 0.3 is 0 Å². The number of carbonyl (C=O) groups is 1. The van der Waals surface area contributed by atoms with Crippen LogP contribution < -0.4 is 25.0 Å². The molecule has 9 heteroatoms. The number of benzene rings is 1. The highest BCUT2D eigenvalue weighted by Crippen LogP contribution is 2.38. The number of carbonyl (C=O) groups excluding carboxylic acids is 1. The molecule has 3 rings (SSSR count). The average Bonchev–Trinajstić information content (AvgIpc) is 2.78. The van der Waals surface area contributed by atoms with Gasteiger partial charge in [-0.05, 0) is 48.8 Å². The molecule has 0 radical (unpaired) electrons. The maximum absolute atomic E-state index is 12.8. The minimum atomic E-state index is -0.373. The molecule has 2 N–H and O–H groups in total. The first-order valence-corrected chi connectivity index (χ1v) is 10.1. The Morgan fingerprint density at radius 2 is 1.90 bits per heavy atom. The Morgan fingerprint density at radius 3 is 2.50 bits per heavy atom. The van der Waals surface area contributed by atoms with E-state index in [0.717, 1.165) is 31.4 Å². The van der Waals surface area contributed by atoms with Crippen LogP contribution in [-0.4, -0.2) is 48.9 Å². The van der Waals surface area contributed by atoms with Gasteiger partial charge in [-0.2, -0.15) is 0 Å². The maximum atomic E-state index is 12.8. The molecule has 1 unspecified atom stereocenters. The summed E-state index contributed by atoms with van der Waals surface area (Å²) in [4.78, 5) is 17.0. The molecule has 2 aromatic rings. The zero-order valence-electron chi connectivity index (χ0n) is 17.3. The standard InChI is InChI=1S/C21H26N4O4S/c1-27-17-11-15(12-18(28-2)19(17)29-3)20(26)23-21(30)24-25-10-5-4-8-16(25)14-7-6-9-22-13-14/h6-7,9,11-13,16H,4-5,8,10H2,1-3H3,(H2,23,24,26,30). The average molecular weight is 431 g/mol. The lowest BCUT2D eigenvalue weighted by Crippen LogP contribution is -2.51. The van der Waals surface area contributed by atoms with E-state index in [1.165, 1.54) is 21.3 Å². The number of methoxy groups -OCH3 is 3. The number of ether oxygens (including phenoxy) is 3. The highest BCUT2D eigenvalue weighted by atomic mass is 32.1. The monoisotopic (exact) mass is 430 g/mol. The van der Waals surface area contributed by atoms with Crippen LogP contribution in [-0.2, 0) is 0 Å². The van der Waals surface area contributed by atoms with Gasteiger partial charge in [0.05, 0.1) is 27.4 Å². The second-order valence-corrected chi connectivity index (χ2v) is 7.21. The second kappa shape index (κ2) is 10.2. The molecule has 1 aromatic carbocycles. The molecule has 30 heavy (non-hydrogen) atoms. The molecule has 1 fully saturated rings. The number of aromatic nitrogens is 1. The van der Waals surface area contributed by atoms with Gasteiger partial charge in [-0.15, -0.1) is 0 Å². The third-order valence-corrected chi connectivity index (χ3v) is 5.16. The van der Waals surface area contributed by atoms with Gasteiger partial charge in [-0.25, -0.2) is 5.01 Å². The third kappa shape index (κ3) is 4.98. The largest absolute Gasteiger partial charge is 0.493 e. The third-order valence-electron chi connectivity index (χ3n) is 4.97. The Bertz CT molecular complexity index is 869. The van der Waals surface area contributed by atoms with Crippen LogP contribution in [0, 0.1) is 0 Å². The number of hydrogen-bond acceptors (Lipinski definition) is 7. The fraction of sp³-hybridized carbons (Fsp3) is 0.381. The minimum Gasteiger partial charge on any atom is -0.493 e. The van der Waals surface area contributed by atoms with Gasteiger partial charge in [0.15, 0.2) is 16.6 Å². The Kier molecular flexibility index (Phi) is 7.42. The molecule has 0 aliphatic carbocycles. The van der Waals surface area contributed by atoms with Gasteiger partial charge in [-0.1, -0.05) is 12.5 Å². The first-order valence-electron chi connectivity index (χ1n) is 9.66. The number of hydrogen-bond donors (Lipinski definition) is 2. The van der Waals surface area contributed by atoms with Crippen LogP contribution in [0.3, 0.4) is 0 Å². The highest BCUT2D eigenvalue weighted by Gasteiger charge is 2.25. The smallest absolute Gasteiger partial charge is 0.257 e. The predicted molar refractivity (Wildman–Crippen MR) is 117 cm³/mol. The topological polar surface area (TPSA) is 85.0 Å². The fourth-order valence-corrected chi connectivity index (χ4v) is 3.74. The van der Waals surface area contributed by atoms with E-state index in [4.69, 9.17) is 26.4 Å². The van der Waals surface area contributed by atoms with Crippen molar-refractivity contribution < 1.29 is 19.0 Å². The molecule has 1 atom stereocenters. The lowest BCUT2D eigenvalue weighted by Gasteiger charge is -2.36. The van der Waals surface area contributed by atoms with Crippen molar-refractivity contribution in [2.75, 3.05) is 27.9 Å². The van der Waals surface area contributed by atoms with E-state index < -0.39 is 0 Å². The quantitative estimate of drug-likeness (QED) is 0.677. The molecule has 1 aliphatic rings. The number of pyridine rings is 1. The van der Waals surface area contributed by atoms with E-state index >= 15 is 0 Å². The second-order valence-electron chi connectivity index (χ2n) is 6.80. The van der Waals surface area contributed by atoms with Crippen LogP contribution >= 0.6 is 12.2 Å². The number of thiocarbonyl (C=S) groups is 1. The Labute approximate surface area is 181 Å². The number of piperidine rings is 1. The van der Waals surface area contributed by atoms with Crippen molar-refractivity contribution in [2.24, 2.45) is 0 Å². The zero-order chi connectivity index (χ0) is 21.5. The van der Waals surface area contributed by atoms with E-state index in [-0.39, 0.29) is 17.1 Å². The molecule has 1 saturated heterocycles. The van der Waals surface area contributed by atoms with Gasteiger partial charge < -0.3 is 14.2 Å². The summed E-state index contributed by atoms with van der Waals surface area (Å²) in [6.07, 6.45) is 6.78. The predicted octanol–water partition coefficient (Wildman–Crippen LogP) is 2.85. The van der Waals surface area contributed by atoms with Gasteiger partial charge in [-0.3, -0.25) is 20.5 Å². The SMILES string of the molecule is COc1cc(C(=O)NC(=S)NN2CCCCC2c2cccnc2)cc(OC)c1OC. The summed E-state index contributed by atoms with van der Waals surface area (Å²) in [6.45, 7) is 0.819. The molecule has 8 nitrogen and oxygen atoms in total. The Morgan fingerprint density at radius 1 is 1.17 bits per heavy atom. The van der Waals surface area contributed by atoms with Crippen LogP contribution in [0.25, 0.3) is 0 Å². The first-order chi connectivity index (χ1) is 14.6. The van der Waals surface area contributed by atoms with Crippen molar-refractivity contribution in [3.8, 4) is 17.2 Å². The maximum Gasteiger partial charge on any atom is 0.257 e. The van der Waals surface area contributed by atoms with Gasteiger partial charge in [0.25, 0.3) is 5.91 Å². The number of rotatable bonds is 6. The molecule has 0 spiro atoms. The van der Waals surface area contributed by atoms with Gasteiger partial charge in [0, 0.05) is 24.5 Å². The normalized spacial score (nSPS) is 16.4. The molecule has 160 valence electrons. The summed E-state index contributed by atoms with van der Waals surface area (Å²) in [5.74, 6) is 0.841. The summed E-state index contributed by atoms with van der Waals surface area (Å²) in [5.41, 5.74) is 4.62. The number of nitrogens with one attached hydrogen (secondary N) is 2. The van der Waals surface area contributed by atoms with Crippen molar-refractivity contribution in [1.82, 2.24) is 20.7 Å². The molecular weight excluding hydrogens is 404 g/mol. The molecule has 0 saturated carbocycles. The van der Waals surface area contributed by atoms with Gasteiger partial charge in [0.1, 0.15) is 0 Å². The van der Waals surface area contributed by atoms with E-state index in [1.54, 1.807) is 18.3 Å². The summed E-state index contributed by atoms with van der Waals surface area (Å²) >= 11 is 5.40. The number of hydrazine groups is 1. The number of amides is 1. The summed E-state index contributed by atoms with van der Waals surface area (Å²) < 4.78 is 15.9. The molecule has 0 bridgehead atoms. The lowest BCUT2D eigenvalue weighted by molar-refractivity contribution is 0.0957. The number of nitrogens with zero attached hydrogens (tertiary/aromatic N) is 2. The van der Waals surface area contributed by atoms with Crippen LogP contribution in [0.15, 0.2) is 36.7 Å². The molecule has 1 aromatic heterocycles. The van der Waals surface area contributed by atoms with Crippen LogP contribution in [0.2, 0.25) is 0 Å². The van der Waals surface area contributed by atoms with E-state index in [0.29, 0.717) is 22.8 Å². The van der Waals surface area contributed by atoms with Gasteiger partial charge in [0.2, 0.25) is 5.75 Å². The fourth-order valence-electron chi connectivity index (χ4n) is 3.53. The van der Waals surface area contributed by atoms with Crippen LogP contribution in [0.1, 0.15) is 41.2 Å². The minimum absolute atomic E-state index is 0.142. The van der Waals surface area contributed by atoms with Crippen LogP contribution in [0.5, 0.6) is 17.2 Å². The van der Waals surface area contributed by atoms with Crippen molar-refractivity contribution >= 4 is 23.2 Å². The molecule has 1 aliphatic heterocycles. The highest BCUT2D eigenvalue weighted by molar-refractivity contribution is 7.80. The van der Waals surface area contributed by atoms with Crippen molar-refractivity contribution in [1.29, 1.82) is 0 Å². The van der Waals surface area contributed by atoms with Crippen molar-refractivity contribution in [2.45, 2.75) is 25.3 Å². The Hall–Kier alpha value is -2.91. The molecule has 2 heterocycles. The van der Waals surface area contributed by atoms with Crippen molar-refractivity contribution in [3.05, 3.63) is 47.8 Å². The van der Waals surface area contributed by atoms with E-state index in [9.17, 15) is 4.79 Å². The van der Waals surface area contributed by atoms with E-state index in [1.807, 2.05) is 12.3 Å². The first kappa shape index (κ1) is 21.8. The summed E-state index contributed by atoms with van der Waals surface area (Å²) in [5, 5.41) is 5.01.